The average molecular weight is 494 g/mol. The summed E-state index contributed by atoms with van der Waals surface area (Å²) < 4.78 is 29.8. The number of rotatable bonds is 6. The molecule has 2 aliphatic rings. The smallest absolute Gasteiger partial charge is 0.420 e. The third-order valence-corrected chi connectivity index (χ3v) is 5.67. The Kier molecular flexibility index (Phi) is 6.39. The molecule has 1 aromatic heterocycles. The van der Waals surface area contributed by atoms with Crippen molar-refractivity contribution in [3.8, 4) is 5.75 Å². The summed E-state index contributed by atoms with van der Waals surface area (Å²) in [6.45, 7) is 2.97. The highest BCUT2D eigenvalue weighted by atomic mass is 35.5. The van der Waals surface area contributed by atoms with Gasteiger partial charge in [0, 0.05) is 42.2 Å². The molecule has 0 spiro atoms. The fourth-order valence-corrected chi connectivity index (χ4v) is 3.94. The van der Waals surface area contributed by atoms with Gasteiger partial charge in [-0.1, -0.05) is 0 Å². The molecule has 1 fully saturated rings. The molecule has 5 N–H and O–H groups in total. The number of β-amino-alcohol motifs (C(OH)–C–C–N with tert-alkyl or cyclic N) is 1. The molecule has 2 atom stereocenters. The maximum atomic E-state index is 12.9. The van der Waals surface area contributed by atoms with Gasteiger partial charge in [-0.25, -0.2) is 4.98 Å². The Morgan fingerprint density at radius 3 is 2.71 bits per heavy atom. The van der Waals surface area contributed by atoms with Crippen LogP contribution in [-0.4, -0.2) is 61.5 Å². The second-order valence-corrected chi connectivity index (χ2v) is 8.43. The summed E-state index contributed by atoms with van der Waals surface area (Å²) in [4.78, 5) is 19.0. The lowest BCUT2D eigenvalue weighted by atomic mass is 9.91. The number of nitrogens with zero attached hydrogens (tertiary/aromatic N) is 4. The molecule has 180 valence electrons. The largest absolute Gasteiger partial charge is 0.487 e. The monoisotopic (exact) mass is 493 g/mol. The number of aromatic nitrogens is 3. The second-order valence-electron chi connectivity index (χ2n) is 7.99. The lowest BCUT2D eigenvalue weighted by Gasteiger charge is -2.42. The molecule has 1 unspecified atom stereocenters. The van der Waals surface area contributed by atoms with E-state index in [4.69, 9.17) is 17.3 Å². The van der Waals surface area contributed by atoms with Crippen molar-refractivity contribution in [3.63, 3.8) is 0 Å². The summed E-state index contributed by atoms with van der Waals surface area (Å²) in [5.41, 5.74) is 2.61. The van der Waals surface area contributed by atoms with Crippen molar-refractivity contribution in [2.75, 3.05) is 24.1 Å². The molecule has 0 saturated carbocycles. The molecule has 0 bridgehead atoms. The zero-order chi connectivity index (χ0) is 24.5. The van der Waals surface area contributed by atoms with Crippen molar-refractivity contribution in [2.24, 2.45) is 0 Å². The highest BCUT2D eigenvalue weighted by Crippen LogP contribution is 2.35. The molecule has 34 heavy (non-hydrogen) atoms. The molecule has 1 saturated heterocycles. The normalized spacial score (nSPS) is 23.0. The number of benzene rings is 1. The van der Waals surface area contributed by atoms with Crippen LogP contribution in [0.3, 0.4) is 0 Å². The van der Waals surface area contributed by atoms with Crippen molar-refractivity contribution in [3.05, 3.63) is 54.0 Å². The van der Waals surface area contributed by atoms with Crippen LogP contribution in [0.1, 0.15) is 19.0 Å². The first-order valence-electron chi connectivity index (χ1n) is 10.3. The van der Waals surface area contributed by atoms with Crippen LogP contribution in [0, 0.1) is 0 Å². The summed E-state index contributed by atoms with van der Waals surface area (Å²) in [7, 11) is 0. The van der Waals surface area contributed by atoms with Crippen LogP contribution in [-0.2, 0) is 4.79 Å². The van der Waals surface area contributed by atoms with E-state index in [0.717, 1.165) is 0 Å². The molecule has 0 radical (unpaired) electrons. The topological polar surface area (TPSA) is 139 Å². The molecular weight excluding hydrogens is 472 g/mol. The number of dihydropyridines is 1. The summed E-state index contributed by atoms with van der Waals surface area (Å²) in [6, 6.07) is 5.32. The van der Waals surface area contributed by atoms with Crippen LogP contribution in [0.2, 0.25) is 0 Å². The molecule has 1 amide bonds. The molecule has 3 heterocycles. The first kappa shape index (κ1) is 23.8. The van der Waals surface area contributed by atoms with Gasteiger partial charge in [0.15, 0.2) is 0 Å². The van der Waals surface area contributed by atoms with Crippen molar-refractivity contribution < 1.29 is 23.4 Å². The van der Waals surface area contributed by atoms with Gasteiger partial charge in [0.2, 0.25) is 5.95 Å². The van der Waals surface area contributed by atoms with E-state index in [-0.39, 0.29) is 17.3 Å². The van der Waals surface area contributed by atoms with E-state index in [2.05, 4.69) is 30.6 Å². The van der Waals surface area contributed by atoms with Crippen molar-refractivity contribution >= 4 is 34.7 Å². The summed E-state index contributed by atoms with van der Waals surface area (Å²) in [5.74, 6) is -0.600. The number of nitrogens with two attached hydrogens (primary N) is 1. The quantitative estimate of drug-likeness (QED) is 0.444. The van der Waals surface area contributed by atoms with E-state index in [0.29, 0.717) is 36.5 Å². The number of likely N-dealkylation sites (tertiary alicyclic amines) is 1. The maximum absolute atomic E-state index is 12.9. The number of anilines is 2. The number of carbonyl (C=O) groups excluding carboxylic acids is 1. The van der Waals surface area contributed by atoms with Crippen LogP contribution in [0.25, 0.3) is 5.57 Å². The number of halogens is 3. The van der Waals surface area contributed by atoms with Crippen molar-refractivity contribution in [2.45, 2.75) is 30.7 Å². The van der Waals surface area contributed by atoms with Crippen molar-refractivity contribution in [1.82, 2.24) is 25.4 Å². The van der Waals surface area contributed by atoms with Gasteiger partial charge in [-0.2, -0.15) is 0 Å². The van der Waals surface area contributed by atoms with Gasteiger partial charge in [0.05, 0.1) is 17.9 Å². The number of alkyl halides is 3. The van der Waals surface area contributed by atoms with Gasteiger partial charge >= 0.3 is 5.57 Å². The Bertz CT molecular complexity index is 1120. The van der Waals surface area contributed by atoms with Crippen LogP contribution >= 0.6 is 11.6 Å². The van der Waals surface area contributed by atoms with E-state index < -0.39 is 23.2 Å². The molecule has 2 aliphatic heterocycles. The van der Waals surface area contributed by atoms with E-state index in [9.17, 15) is 18.7 Å². The second kappa shape index (κ2) is 9.12. The van der Waals surface area contributed by atoms with Crippen LogP contribution in [0.5, 0.6) is 5.75 Å². The van der Waals surface area contributed by atoms with Gasteiger partial charge in [-0.05, 0) is 43.7 Å². The van der Waals surface area contributed by atoms with Crippen LogP contribution in [0.4, 0.5) is 20.4 Å². The molecule has 1 aromatic carbocycles. The molecule has 10 nitrogen and oxygen atoms in total. The third kappa shape index (κ3) is 5.24. The Balaban J connectivity index is 1.57. The minimum absolute atomic E-state index is 0.0132. The van der Waals surface area contributed by atoms with Gasteiger partial charge in [0.25, 0.3) is 5.91 Å². The lowest BCUT2D eigenvalue weighted by molar-refractivity contribution is -0.112. The Morgan fingerprint density at radius 2 is 2.12 bits per heavy atom. The number of carbonyl (C=O) groups is 1. The number of hydrogen-bond acceptors (Lipinski definition) is 9. The van der Waals surface area contributed by atoms with E-state index in [1.807, 2.05) is 11.8 Å². The number of aliphatic hydroxyl groups excluding tert-OH is 1. The highest BCUT2D eigenvalue weighted by Gasteiger charge is 2.42. The van der Waals surface area contributed by atoms with Crippen LogP contribution < -0.4 is 21.1 Å². The number of nitrogen functional groups attached to an aromatic ring is 1. The average Bonchev–Trinajstić information content (AvgIpc) is 3.22. The van der Waals surface area contributed by atoms with E-state index in [1.165, 1.54) is 30.5 Å². The highest BCUT2D eigenvalue weighted by molar-refractivity contribution is 6.20. The Hall–Kier alpha value is -3.35. The van der Waals surface area contributed by atoms with Gasteiger partial charge in [0.1, 0.15) is 17.1 Å². The molecular formula is C21H22ClF2N7O3. The van der Waals surface area contributed by atoms with Crippen molar-refractivity contribution in [1.29, 1.82) is 0 Å². The zero-order valence-electron chi connectivity index (χ0n) is 18.0. The van der Waals surface area contributed by atoms with Gasteiger partial charge in [-0.15, -0.1) is 19.0 Å². The Morgan fingerprint density at radius 1 is 1.38 bits per heavy atom. The fraction of sp³-hybridized carbons (Fsp3) is 0.333. The summed E-state index contributed by atoms with van der Waals surface area (Å²) in [6.07, 6.45) is 4.84. The Labute approximate surface area is 198 Å². The number of ether oxygens (including phenoxy) is 1. The zero-order valence-corrected chi connectivity index (χ0v) is 18.8. The number of nitrogens with one attached hydrogen (secondary N) is 2. The molecule has 4 rings (SSSR count). The van der Waals surface area contributed by atoms with Gasteiger partial charge in [-0.3, -0.25) is 9.69 Å². The van der Waals surface area contributed by atoms with Crippen LogP contribution in [0.15, 0.2) is 48.3 Å². The first-order valence-corrected chi connectivity index (χ1v) is 10.7. The number of amides is 1. The van der Waals surface area contributed by atoms with Gasteiger partial charge < -0.3 is 26.2 Å². The van der Waals surface area contributed by atoms with E-state index in [1.54, 1.807) is 12.3 Å². The fourth-order valence-electron chi connectivity index (χ4n) is 3.85. The standard InChI is InChI=1S/C21H22ClF2N7O3/c1-20(31-7-6-14(32)11-31)16(17-10-26-19(25)30-29-17)8-12(9-27-20)18(33)28-13-2-4-15(5-3-13)34-21(22,23)24/h2-5,8-10,14,27,32H,6-7,11H2,1H3,(H,28,33)(H2,25,26,30)/t14-,20?/m1/s1. The summed E-state index contributed by atoms with van der Waals surface area (Å²) >= 11 is 4.76. The minimum atomic E-state index is -3.83. The lowest BCUT2D eigenvalue weighted by Crippen LogP contribution is -2.56. The first-order chi connectivity index (χ1) is 16.0. The summed E-state index contributed by atoms with van der Waals surface area (Å²) in [5, 5.41) is 23.9. The minimum Gasteiger partial charge on any atom is -0.420 e. The maximum Gasteiger partial charge on any atom is 0.487 e. The molecule has 13 heteroatoms. The predicted molar refractivity (Wildman–Crippen MR) is 121 cm³/mol. The number of hydrogen-bond donors (Lipinski definition) is 4. The predicted octanol–water partition coefficient (Wildman–Crippen LogP) is 1.91. The molecule has 0 aliphatic carbocycles. The SMILES string of the molecule is CC1(N2CC[C@@H](O)C2)NC=C(C(=O)Nc2ccc(OC(F)(F)Cl)cc2)C=C1c1cnc(N)nn1. The number of aliphatic hydroxyl groups is 1. The molecule has 2 aromatic rings. The van der Waals surface area contributed by atoms with E-state index >= 15 is 0 Å². The third-order valence-electron chi connectivity index (χ3n) is 5.59.